The van der Waals surface area contributed by atoms with Crippen molar-refractivity contribution in [2.75, 3.05) is 0 Å². The van der Waals surface area contributed by atoms with Crippen molar-refractivity contribution in [1.82, 2.24) is 4.57 Å². The van der Waals surface area contributed by atoms with E-state index in [1.54, 1.807) is 10.6 Å². The van der Waals surface area contributed by atoms with Crippen LogP contribution < -0.4 is 9.61 Å². The van der Waals surface area contributed by atoms with Crippen LogP contribution in [0.3, 0.4) is 0 Å². The Morgan fingerprint density at radius 2 is 2.00 bits per heavy atom. The summed E-state index contributed by atoms with van der Waals surface area (Å²) < 4.78 is 7.85. The molecule has 0 bridgehead atoms. The van der Waals surface area contributed by atoms with Gasteiger partial charge in [-0.25, -0.2) is 0 Å². The summed E-state index contributed by atoms with van der Waals surface area (Å²) in [6.45, 7) is 2.27. The standard InChI is InChI=1S/C17H15NO3S/c1-12-5-4-6-13(11-12)21-16(19)9-10-18-14-7-2-3-8-15(14)22-17(18)20/h2-8,11H,9-10H2,1H3. The van der Waals surface area contributed by atoms with Crippen LogP contribution in [-0.4, -0.2) is 10.5 Å². The SMILES string of the molecule is Cc1cccc(OC(=O)CCn2c(=O)sc3ccccc32)c1. The molecule has 3 aromatic rings. The topological polar surface area (TPSA) is 48.3 Å². The highest BCUT2D eigenvalue weighted by molar-refractivity contribution is 7.16. The first-order valence-electron chi connectivity index (χ1n) is 6.99. The van der Waals surface area contributed by atoms with E-state index in [0.717, 1.165) is 15.8 Å². The number of ether oxygens (including phenoxy) is 1. The van der Waals surface area contributed by atoms with Crippen LogP contribution in [0.2, 0.25) is 0 Å². The minimum Gasteiger partial charge on any atom is -0.426 e. The zero-order valence-corrected chi connectivity index (χ0v) is 12.9. The van der Waals surface area contributed by atoms with Crippen molar-refractivity contribution in [2.45, 2.75) is 19.9 Å². The maximum Gasteiger partial charge on any atom is 0.312 e. The van der Waals surface area contributed by atoms with Crippen LogP contribution in [0.5, 0.6) is 5.75 Å². The Hall–Kier alpha value is -2.40. The molecule has 0 radical (unpaired) electrons. The van der Waals surface area contributed by atoms with E-state index in [1.165, 1.54) is 11.3 Å². The third kappa shape index (κ3) is 3.09. The fourth-order valence-corrected chi connectivity index (χ4v) is 3.21. The van der Waals surface area contributed by atoms with E-state index in [0.29, 0.717) is 12.3 Å². The van der Waals surface area contributed by atoms with Crippen molar-refractivity contribution in [3.05, 3.63) is 63.8 Å². The van der Waals surface area contributed by atoms with Gasteiger partial charge in [0.15, 0.2) is 0 Å². The average molecular weight is 313 g/mol. The lowest BCUT2D eigenvalue weighted by Gasteiger charge is -2.06. The molecule has 22 heavy (non-hydrogen) atoms. The summed E-state index contributed by atoms with van der Waals surface area (Å²) in [5.74, 6) is 0.195. The Morgan fingerprint density at radius 3 is 2.82 bits per heavy atom. The minimum absolute atomic E-state index is 0.0513. The smallest absolute Gasteiger partial charge is 0.312 e. The summed E-state index contributed by atoms with van der Waals surface area (Å²) >= 11 is 1.19. The van der Waals surface area contributed by atoms with E-state index < -0.39 is 0 Å². The predicted octanol–water partition coefficient (Wildman–Crippen LogP) is 3.37. The summed E-state index contributed by atoms with van der Waals surface area (Å²) in [6, 6.07) is 14.9. The highest BCUT2D eigenvalue weighted by Crippen LogP contribution is 2.17. The van der Waals surface area contributed by atoms with Crippen LogP contribution in [0.4, 0.5) is 0 Å². The van der Waals surface area contributed by atoms with Crippen LogP contribution in [0.1, 0.15) is 12.0 Å². The molecule has 0 amide bonds. The number of para-hydroxylation sites is 1. The molecule has 0 fully saturated rings. The number of esters is 1. The number of aromatic nitrogens is 1. The van der Waals surface area contributed by atoms with Gasteiger partial charge in [-0.1, -0.05) is 35.6 Å². The zero-order chi connectivity index (χ0) is 15.5. The monoisotopic (exact) mass is 313 g/mol. The first-order chi connectivity index (χ1) is 10.6. The summed E-state index contributed by atoms with van der Waals surface area (Å²) in [7, 11) is 0. The van der Waals surface area contributed by atoms with Gasteiger partial charge in [0.1, 0.15) is 5.75 Å². The second-order valence-electron chi connectivity index (χ2n) is 5.03. The fraction of sp³-hybridized carbons (Fsp3) is 0.176. The highest BCUT2D eigenvalue weighted by Gasteiger charge is 2.10. The van der Waals surface area contributed by atoms with Gasteiger partial charge in [0.05, 0.1) is 16.6 Å². The predicted molar refractivity (Wildman–Crippen MR) is 87.5 cm³/mol. The summed E-state index contributed by atoms with van der Waals surface area (Å²) in [5, 5.41) is 0. The van der Waals surface area contributed by atoms with Crippen molar-refractivity contribution in [3.63, 3.8) is 0 Å². The van der Waals surface area contributed by atoms with Crippen molar-refractivity contribution in [1.29, 1.82) is 0 Å². The number of benzene rings is 2. The largest absolute Gasteiger partial charge is 0.426 e. The molecule has 3 rings (SSSR count). The van der Waals surface area contributed by atoms with Crippen LogP contribution in [0, 0.1) is 6.92 Å². The number of fused-ring (bicyclic) bond motifs is 1. The number of nitrogens with zero attached hydrogens (tertiary/aromatic N) is 1. The first-order valence-corrected chi connectivity index (χ1v) is 7.81. The average Bonchev–Trinajstić information content (AvgIpc) is 2.80. The highest BCUT2D eigenvalue weighted by atomic mass is 32.1. The van der Waals surface area contributed by atoms with Crippen molar-refractivity contribution in [2.24, 2.45) is 0 Å². The summed E-state index contributed by atoms with van der Waals surface area (Å²) in [6.07, 6.45) is 0.161. The van der Waals surface area contributed by atoms with Gasteiger partial charge in [-0.3, -0.25) is 14.2 Å². The Labute approximate surface area is 131 Å². The molecule has 112 valence electrons. The number of hydrogen-bond acceptors (Lipinski definition) is 4. The van der Waals surface area contributed by atoms with Crippen molar-refractivity contribution < 1.29 is 9.53 Å². The van der Waals surface area contributed by atoms with Crippen LogP contribution in [0.25, 0.3) is 10.2 Å². The first kappa shape index (κ1) is 14.5. The summed E-state index contributed by atoms with van der Waals surface area (Å²) in [4.78, 5) is 23.9. The van der Waals surface area contributed by atoms with Crippen LogP contribution in [0.15, 0.2) is 53.3 Å². The molecule has 4 nitrogen and oxygen atoms in total. The van der Waals surface area contributed by atoms with E-state index in [1.807, 2.05) is 49.4 Å². The molecule has 0 atom stereocenters. The Morgan fingerprint density at radius 1 is 1.18 bits per heavy atom. The van der Waals surface area contributed by atoms with Crippen molar-refractivity contribution in [3.8, 4) is 5.75 Å². The van der Waals surface area contributed by atoms with Gasteiger partial charge in [0.2, 0.25) is 0 Å². The lowest BCUT2D eigenvalue weighted by atomic mass is 10.2. The maximum atomic E-state index is 12.0. The van der Waals surface area contributed by atoms with Gasteiger partial charge in [0.25, 0.3) is 0 Å². The van der Waals surface area contributed by atoms with Gasteiger partial charge in [0, 0.05) is 6.54 Å². The third-order valence-electron chi connectivity index (χ3n) is 3.33. The molecule has 0 spiro atoms. The molecule has 0 aliphatic carbocycles. The van der Waals surface area contributed by atoms with Gasteiger partial charge >= 0.3 is 10.8 Å². The molecule has 0 aliphatic rings. The Bertz CT molecular complexity index is 879. The second kappa shape index (κ2) is 6.15. The van der Waals surface area contributed by atoms with Crippen molar-refractivity contribution >= 4 is 27.5 Å². The molecule has 0 N–H and O–H groups in total. The van der Waals surface area contributed by atoms with E-state index >= 15 is 0 Å². The molecular weight excluding hydrogens is 298 g/mol. The number of aryl methyl sites for hydroxylation is 2. The number of rotatable bonds is 4. The zero-order valence-electron chi connectivity index (χ0n) is 12.1. The quantitative estimate of drug-likeness (QED) is 0.548. The molecule has 0 aliphatic heterocycles. The number of thiazole rings is 1. The molecule has 0 unspecified atom stereocenters. The molecule has 5 heteroatoms. The lowest BCUT2D eigenvalue weighted by molar-refractivity contribution is -0.134. The fourth-order valence-electron chi connectivity index (χ4n) is 2.29. The van der Waals surface area contributed by atoms with Gasteiger partial charge in [-0.15, -0.1) is 0 Å². The van der Waals surface area contributed by atoms with E-state index in [-0.39, 0.29) is 17.3 Å². The lowest BCUT2D eigenvalue weighted by Crippen LogP contribution is -2.17. The van der Waals surface area contributed by atoms with Gasteiger partial charge in [-0.2, -0.15) is 0 Å². The Kier molecular flexibility index (Phi) is 4.06. The third-order valence-corrected chi connectivity index (χ3v) is 4.29. The van der Waals surface area contributed by atoms with E-state index in [9.17, 15) is 9.59 Å². The molecule has 1 heterocycles. The van der Waals surface area contributed by atoms with Crippen LogP contribution in [-0.2, 0) is 11.3 Å². The Balaban J connectivity index is 1.70. The minimum atomic E-state index is -0.340. The summed E-state index contributed by atoms with van der Waals surface area (Å²) in [5.41, 5.74) is 1.89. The normalized spacial score (nSPS) is 10.8. The maximum absolute atomic E-state index is 12.0. The molecule has 2 aromatic carbocycles. The van der Waals surface area contributed by atoms with E-state index in [4.69, 9.17) is 4.74 Å². The van der Waals surface area contributed by atoms with Gasteiger partial charge in [-0.05, 0) is 36.8 Å². The molecule has 1 aromatic heterocycles. The molecule has 0 saturated carbocycles. The second-order valence-corrected chi connectivity index (χ2v) is 6.02. The number of carbonyl (C=O) groups excluding carboxylic acids is 1. The van der Waals surface area contributed by atoms with Gasteiger partial charge < -0.3 is 4.74 Å². The van der Waals surface area contributed by atoms with Crippen LogP contribution >= 0.6 is 11.3 Å². The molecular formula is C17H15NO3S. The number of carbonyl (C=O) groups is 1. The molecule has 0 saturated heterocycles. The van der Waals surface area contributed by atoms with E-state index in [2.05, 4.69) is 0 Å². The number of hydrogen-bond donors (Lipinski definition) is 0.